The summed E-state index contributed by atoms with van der Waals surface area (Å²) in [6, 6.07) is 7.46. The second kappa shape index (κ2) is 8.11. The highest BCUT2D eigenvalue weighted by Crippen LogP contribution is 2.10. The van der Waals surface area contributed by atoms with Crippen LogP contribution in [0.1, 0.15) is 18.1 Å². The van der Waals surface area contributed by atoms with Crippen molar-refractivity contribution >= 4 is 16.0 Å². The van der Waals surface area contributed by atoms with Gasteiger partial charge < -0.3 is 10.5 Å². The maximum absolute atomic E-state index is 11.2. The van der Waals surface area contributed by atoms with Crippen molar-refractivity contribution in [1.29, 1.82) is 0 Å². The molecule has 0 aliphatic rings. The summed E-state index contributed by atoms with van der Waals surface area (Å²) in [7, 11) is -3.40. The van der Waals surface area contributed by atoms with Gasteiger partial charge in [-0.15, -0.1) is 0 Å². The molecule has 1 rings (SSSR count). The summed E-state index contributed by atoms with van der Waals surface area (Å²) in [5, 5.41) is 0. The molecule has 0 spiro atoms. The highest BCUT2D eigenvalue weighted by atomic mass is 32.2. The lowest BCUT2D eigenvalue weighted by molar-refractivity contribution is -0.129. The number of ether oxygens (including phenoxy) is 1. The summed E-state index contributed by atoms with van der Waals surface area (Å²) in [4.78, 5) is 11.2. The summed E-state index contributed by atoms with van der Waals surface area (Å²) in [6.07, 6.45) is 1.31. The number of rotatable bonds is 9. The lowest BCUT2D eigenvalue weighted by atomic mass is 10.0. The SMILES string of the molecule is CCOC(Cc1ccc(CCOS(C)(=O)=O)cc1)C(N)=O. The summed E-state index contributed by atoms with van der Waals surface area (Å²) < 4.78 is 31.6. The highest BCUT2D eigenvalue weighted by Gasteiger charge is 2.15. The molecule has 0 saturated carbocycles. The molecule has 0 heterocycles. The van der Waals surface area contributed by atoms with Gasteiger partial charge in [-0.25, -0.2) is 0 Å². The van der Waals surface area contributed by atoms with Crippen molar-refractivity contribution < 1.29 is 22.1 Å². The van der Waals surface area contributed by atoms with Crippen molar-refractivity contribution in [3.63, 3.8) is 0 Å². The van der Waals surface area contributed by atoms with E-state index in [1.165, 1.54) is 0 Å². The van der Waals surface area contributed by atoms with Crippen LogP contribution in [0.25, 0.3) is 0 Å². The van der Waals surface area contributed by atoms with E-state index in [0.29, 0.717) is 19.4 Å². The van der Waals surface area contributed by atoms with Crippen molar-refractivity contribution in [2.24, 2.45) is 5.73 Å². The van der Waals surface area contributed by atoms with Gasteiger partial charge >= 0.3 is 0 Å². The fourth-order valence-electron chi connectivity index (χ4n) is 1.81. The van der Waals surface area contributed by atoms with Crippen LogP contribution in [0.5, 0.6) is 0 Å². The van der Waals surface area contributed by atoms with Gasteiger partial charge in [-0.05, 0) is 24.5 Å². The monoisotopic (exact) mass is 315 g/mol. The third-order valence-corrected chi connectivity index (χ3v) is 3.41. The number of nitrogens with two attached hydrogens (primary N) is 1. The first kappa shape index (κ1) is 17.6. The molecule has 118 valence electrons. The minimum absolute atomic E-state index is 0.112. The molecule has 1 atom stereocenters. The molecule has 7 heteroatoms. The highest BCUT2D eigenvalue weighted by molar-refractivity contribution is 7.85. The van der Waals surface area contributed by atoms with Crippen molar-refractivity contribution in [3.05, 3.63) is 35.4 Å². The van der Waals surface area contributed by atoms with Crippen LogP contribution < -0.4 is 5.73 Å². The van der Waals surface area contributed by atoms with E-state index in [0.717, 1.165) is 17.4 Å². The van der Waals surface area contributed by atoms with E-state index < -0.39 is 22.1 Å². The molecule has 0 aromatic heterocycles. The van der Waals surface area contributed by atoms with E-state index in [1.807, 2.05) is 24.3 Å². The lowest BCUT2D eigenvalue weighted by Crippen LogP contribution is -2.33. The molecule has 1 amide bonds. The Kier molecular flexibility index (Phi) is 6.80. The topological polar surface area (TPSA) is 95.7 Å². The van der Waals surface area contributed by atoms with Crippen LogP contribution in [0.3, 0.4) is 0 Å². The van der Waals surface area contributed by atoms with Gasteiger partial charge in [0.2, 0.25) is 5.91 Å². The van der Waals surface area contributed by atoms with Crippen molar-refractivity contribution in [2.75, 3.05) is 19.5 Å². The third-order valence-electron chi connectivity index (χ3n) is 2.82. The van der Waals surface area contributed by atoms with Crippen LogP contribution in [0.4, 0.5) is 0 Å². The molecule has 0 fully saturated rings. The average molecular weight is 315 g/mol. The number of amides is 1. The summed E-state index contributed by atoms with van der Waals surface area (Å²) >= 11 is 0. The molecule has 1 aromatic rings. The predicted octanol–water partition coefficient (Wildman–Crippen LogP) is 0.638. The normalized spacial score (nSPS) is 13.0. The predicted molar refractivity (Wildman–Crippen MR) is 79.3 cm³/mol. The fourth-order valence-corrected chi connectivity index (χ4v) is 2.20. The van der Waals surface area contributed by atoms with Gasteiger partial charge in [0.1, 0.15) is 6.10 Å². The van der Waals surface area contributed by atoms with Gasteiger partial charge in [-0.3, -0.25) is 8.98 Å². The zero-order valence-electron chi connectivity index (χ0n) is 12.2. The number of hydrogen-bond acceptors (Lipinski definition) is 5. The number of carbonyl (C=O) groups excluding carboxylic acids is 1. The largest absolute Gasteiger partial charge is 0.368 e. The molecule has 2 N–H and O–H groups in total. The lowest BCUT2D eigenvalue weighted by Gasteiger charge is -2.13. The van der Waals surface area contributed by atoms with Gasteiger partial charge in [-0.2, -0.15) is 8.42 Å². The molecule has 21 heavy (non-hydrogen) atoms. The molecule has 0 radical (unpaired) electrons. The first-order chi connectivity index (χ1) is 9.81. The second-order valence-corrected chi connectivity index (χ2v) is 6.29. The van der Waals surface area contributed by atoms with E-state index in [4.69, 9.17) is 10.5 Å². The summed E-state index contributed by atoms with van der Waals surface area (Å²) in [5.74, 6) is -0.484. The van der Waals surface area contributed by atoms with E-state index in [1.54, 1.807) is 6.92 Å². The molecule has 6 nitrogen and oxygen atoms in total. The van der Waals surface area contributed by atoms with Gasteiger partial charge in [0.05, 0.1) is 12.9 Å². The van der Waals surface area contributed by atoms with E-state index >= 15 is 0 Å². The van der Waals surface area contributed by atoms with Crippen molar-refractivity contribution in [2.45, 2.75) is 25.9 Å². The standard InChI is InChI=1S/C14H21NO5S/c1-3-19-13(14(15)16)10-12-6-4-11(5-7-12)8-9-20-21(2,17)18/h4-7,13H,3,8-10H2,1-2H3,(H2,15,16). The number of hydrogen-bond donors (Lipinski definition) is 1. The third kappa shape index (κ3) is 7.22. The Morgan fingerprint density at radius 3 is 2.29 bits per heavy atom. The van der Waals surface area contributed by atoms with E-state index in [2.05, 4.69) is 4.18 Å². The zero-order valence-corrected chi connectivity index (χ0v) is 13.1. The van der Waals surface area contributed by atoms with Crippen LogP contribution in [0.15, 0.2) is 24.3 Å². The van der Waals surface area contributed by atoms with Crippen LogP contribution in [-0.2, 0) is 36.7 Å². The Morgan fingerprint density at radius 1 is 1.24 bits per heavy atom. The summed E-state index contributed by atoms with van der Waals surface area (Å²) in [6.45, 7) is 2.34. The Morgan fingerprint density at radius 2 is 1.81 bits per heavy atom. The number of carbonyl (C=O) groups is 1. The van der Waals surface area contributed by atoms with Crippen LogP contribution in [-0.4, -0.2) is 39.9 Å². The van der Waals surface area contributed by atoms with Crippen LogP contribution in [0.2, 0.25) is 0 Å². The molecule has 0 bridgehead atoms. The second-order valence-electron chi connectivity index (χ2n) is 4.64. The van der Waals surface area contributed by atoms with Crippen molar-refractivity contribution in [1.82, 2.24) is 0 Å². The minimum Gasteiger partial charge on any atom is -0.368 e. The molecule has 0 aliphatic carbocycles. The van der Waals surface area contributed by atoms with Crippen molar-refractivity contribution in [3.8, 4) is 0 Å². The zero-order chi connectivity index (χ0) is 15.9. The van der Waals surface area contributed by atoms with Gasteiger partial charge in [0, 0.05) is 13.0 Å². The minimum atomic E-state index is -3.40. The molecular formula is C14H21NO5S. The average Bonchev–Trinajstić information content (AvgIpc) is 2.38. The first-order valence-corrected chi connectivity index (χ1v) is 8.46. The number of benzene rings is 1. The van der Waals surface area contributed by atoms with Gasteiger partial charge in [-0.1, -0.05) is 24.3 Å². The maximum Gasteiger partial charge on any atom is 0.264 e. The smallest absolute Gasteiger partial charge is 0.264 e. The quantitative estimate of drug-likeness (QED) is 0.675. The maximum atomic E-state index is 11.2. The molecule has 0 aliphatic heterocycles. The molecule has 1 unspecified atom stereocenters. The van der Waals surface area contributed by atoms with E-state index in [9.17, 15) is 13.2 Å². The Bertz CT molecular complexity index is 553. The Balaban J connectivity index is 2.55. The fraction of sp³-hybridized carbons (Fsp3) is 0.500. The Hall–Kier alpha value is -1.44. The van der Waals surface area contributed by atoms with Crippen LogP contribution in [0, 0.1) is 0 Å². The number of primary amides is 1. The molecule has 1 aromatic carbocycles. The van der Waals surface area contributed by atoms with E-state index in [-0.39, 0.29) is 6.61 Å². The first-order valence-electron chi connectivity index (χ1n) is 6.65. The van der Waals surface area contributed by atoms with Gasteiger partial charge in [0.15, 0.2) is 0 Å². The van der Waals surface area contributed by atoms with Crippen LogP contribution >= 0.6 is 0 Å². The van der Waals surface area contributed by atoms with Gasteiger partial charge in [0.25, 0.3) is 10.1 Å². The molecule has 0 saturated heterocycles. The Labute approximate surface area is 125 Å². The molecular weight excluding hydrogens is 294 g/mol. The summed E-state index contributed by atoms with van der Waals surface area (Å²) in [5.41, 5.74) is 7.15.